The van der Waals surface area contributed by atoms with Crippen LogP contribution in [0.4, 0.5) is 0 Å². The summed E-state index contributed by atoms with van der Waals surface area (Å²) in [6.45, 7) is 5.02. The van der Waals surface area contributed by atoms with E-state index in [1.165, 1.54) is 5.56 Å². The quantitative estimate of drug-likeness (QED) is 0.722. The zero-order valence-corrected chi connectivity index (χ0v) is 13.8. The first-order chi connectivity index (χ1) is 10.9. The minimum Gasteiger partial charge on any atom is -0.492 e. The summed E-state index contributed by atoms with van der Waals surface area (Å²) in [7, 11) is 0. The van der Waals surface area contributed by atoms with E-state index in [1.807, 2.05) is 24.3 Å². The number of hydrogen-bond acceptors (Lipinski definition) is 3. The van der Waals surface area contributed by atoms with Gasteiger partial charge in [-0.3, -0.25) is 9.59 Å². The van der Waals surface area contributed by atoms with Gasteiger partial charge in [0, 0.05) is 6.42 Å². The molecule has 126 valence electrons. The van der Waals surface area contributed by atoms with Crippen molar-refractivity contribution in [3.63, 3.8) is 0 Å². The van der Waals surface area contributed by atoms with Crippen LogP contribution < -0.4 is 10.1 Å². The first-order valence-electron chi connectivity index (χ1n) is 8.16. The van der Waals surface area contributed by atoms with Crippen molar-refractivity contribution in [2.75, 3.05) is 13.2 Å². The number of rotatable bonds is 8. The maximum Gasteiger partial charge on any atom is 0.310 e. The van der Waals surface area contributed by atoms with Gasteiger partial charge in [-0.25, -0.2) is 0 Å². The van der Waals surface area contributed by atoms with Gasteiger partial charge in [0.1, 0.15) is 12.4 Å². The van der Waals surface area contributed by atoms with Crippen LogP contribution >= 0.6 is 0 Å². The highest BCUT2D eigenvalue weighted by Gasteiger charge is 2.45. The standard InChI is InChI=1S/C18H25NO4/c1-13(2)14-4-6-15(7-5-14)23-11-10-19-16(20)12-18(17(21)22)8-3-9-18/h4-7,13H,3,8-12H2,1-2H3,(H,19,20)(H,21,22). The zero-order chi connectivity index (χ0) is 16.9. The SMILES string of the molecule is CC(C)c1ccc(OCCNC(=O)CC2(C(=O)O)CCC2)cc1. The van der Waals surface area contributed by atoms with Crippen LogP contribution in [0.1, 0.15) is 51.0 Å². The number of carboxylic acids is 1. The van der Waals surface area contributed by atoms with Crippen LogP contribution in [0.3, 0.4) is 0 Å². The van der Waals surface area contributed by atoms with Crippen LogP contribution in [-0.4, -0.2) is 30.1 Å². The number of carbonyl (C=O) groups excluding carboxylic acids is 1. The van der Waals surface area contributed by atoms with Crippen molar-refractivity contribution >= 4 is 11.9 Å². The molecule has 0 heterocycles. The van der Waals surface area contributed by atoms with Crippen LogP contribution in [0.5, 0.6) is 5.75 Å². The first-order valence-corrected chi connectivity index (χ1v) is 8.16. The Balaban J connectivity index is 1.69. The Morgan fingerprint density at radius 2 is 1.91 bits per heavy atom. The molecule has 1 aromatic rings. The maximum atomic E-state index is 11.9. The van der Waals surface area contributed by atoms with E-state index in [9.17, 15) is 14.7 Å². The lowest BCUT2D eigenvalue weighted by molar-refractivity contribution is -0.157. The molecule has 0 radical (unpaired) electrons. The lowest BCUT2D eigenvalue weighted by Crippen LogP contribution is -2.43. The minimum absolute atomic E-state index is 0.0609. The third-order valence-corrected chi connectivity index (χ3v) is 4.50. The van der Waals surface area contributed by atoms with Crippen molar-refractivity contribution in [3.05, 3.63) is 29.8 Å². The van der Waals surface area contributed by atoms with E-state index in [-0.39, 0.29) is 12.3 Å². The number of ether oxygens (including phenoxy) is 1. The fourth-order valence-electron chi connectivity index (χ4n) is 2.75. The largest absolute Gasteiger partial charge is 0.492 e. The van der Waals surface area contributed by atoms with Crippen molar-refractivity contribution in [2.45, 2.75) is 45.4 Å². The van der Waals surface area contributed by atoms with Crippen molar-refractivity contribution in [1.82, 2.24) is 5.32 Å². The Morgan fingerprint density at radius 3 is 2.39 bits per heavy atom. The Bertz CT molecular complexity index is 547. The number of benzene rings is 1. The zero-order valence-electron chi connectivity index (χ0n) is 13.8. The number of carbonyl (C=O) groups is 2. The molecule has 2 N–H and O–H groups in total. The second kappa shape index (κ2) is 7.49. The molecule has 0 unspecified atom stereocenters. The molecule has 5 heteroatoms. The van der Waals surface area contributed by atoms with Crippen molar-refractivity contribution in [1.29, 1.82) is 0 Å². The smallest absolute Gasteiger partial charge is 0.310 e. The van der Waals surface area contributed by atoms with E-state index >= 15 is 0 Å². The molecule has 23 heavy (non-hydrogen) atoms. The highest BCUT2D eigenvalue weighted by Crippen LogP contribution is 2.44. The van der Waals surface area contributed by atoms with Gasteiger partial charge in [-0.1, -0.05) is 32.4 Å². The van der Waals surface area contributed by atoms with E-state index in [2.05, 4.69) is 19.2 Å². The number of hydrogen-bond donors (Lipinski definition) is 2. The highest BCUT2D eigenvalue weighted by atomic mass is 16.5. The number of carboxylic acid groups (broad SMARTS) is 1. The molecule has 1 aliphatic carbocycles. The molecule has 0 atom stereocenters. The third-order valence-electron chi connectivity index (χ3n) is 4.50. The van der Waals surface area contributed by atoms with E-state index in [1.54, 1.807) is 0 Å². The van der Waals surface area contributed by atoms with E-state index in [4.69, 9.17) is 4.74 Å². The van der Waals surface area contributed by atoms with Gasteiger partial charge in [-0.15, -0.1) is 0 Å². The first kappa shape index (κ1) is 17.3. The van der Waals surface area contributed by atoms with Gasteiger partial charge < -0.3 is 15.2 Å². The molecule has 2 rings (SSSR count). The summed E-state index contributed by atoms with van der Waals surface area (Å²) >= 11 is 0. The lowest BCUT2D eigenvalue weighted by atomic mass is 9.66. The van der Waals surface area contributed by atoms with Gasteiger partial charge in [0.15, 0.2) is 0 Å². The Labute approximate surface area is 137 Å². The molecule has 1 aliphatic rings. The van der Waals surface area contributed by atoms with Gasteiger partial charge in [-0.05, 0) is 36.5 Å². The van der Waals surface area contributed by atoms with Gasteiger partial charge in [0.05, 0.1) is 12.0 Å². The second-order valence-electron chi connectivity index (χ2n) is 6.54. The minimum atomic E-state index is -0.861. The van der Waals surface area contributed by atoms with Crippen LogP contribution in [-0.2, 0) is 9.59 Å². The van der Waals surface area contributed by atoms with E-state index in [0.29, 0.717) is 31.9 Å². The lowest BCUT2D eigenvalue weighted by Gasteiger charge is -2.36. The predicted octanol–water partition coefficient (Wildman–Crippen LogP) is 2.95. The highest BCUT2D eigenvalue weighted by molar-refractivity contribution is 5.85. The average Bonchev–Trinajstić information content (AvgIpc) is 2.47. The molecule has 0 aromatic heterocycles. The van der Waals surface area contributed by atoms with Gasteiger partial charge in [0.25, 0.3) is 0 Å². The molecule has 1 amide bonds. The maximum absolute atomic E-state index is 11.9. The molecule has 0 saturated heterocycles. The number of amides is 1. The molecule has 0 bridgehead atoms. The fourth-order valence-corrected chi connectivity index (χ4v) is 2.75. The topological polar surface area (TPSA) is 75.6 Å². The molecule has 1 aromatic carbocycles. The molecule has 5 nitrogen and oxygen atoms in total. The summed E-state index contributed by atoms with van der Waals surface area (Å²) in [5.74, 6) is 0.173. The van der Waals surface area contributed by atoms with Crippen molar-refractivity contribution in [2.24, 2.45) is 5.41 Å². The Hall–Kier alpha value is -2.04. The number of nitrogens with one attached hydrogen (secondary N) is 1. The van der Waals surface area contributed by atoms with Crippen molar-refractivity contribution in [3.8, 4) is 5.75 Å². The molecular weight excluding hydrogens is 294 g/mol. The van der Waals surface area contributed by atoms with E-state index < -0.39 is 11.4 Å². The summed E-state index contributed by atoms with van der Waals surface area (Å²) in [6.07, 6.45) is 2.13. The monoisotopic (exact) mass is 319 g/mol. The Morgan fingerprint density at radius 1 is 1.26 bits per heavy atom. The van der Waals surface area contributed by atoms with Crippen LogP contribution in [0.2, 0.25) is 0 Å². The van der Waals surface area contributed by atoms with Crippen LogP contribution in [0.25, 0.3) is 0 Å². The molecular formula is C18H25NO4. The van der Waals surface area contributed by atoms with Crippen LogP contribution in [0, 0.1) is 5.41 Å². The summed E-state index contributed by atoms with van der Waals surface area (Å²) in [5.41, 5.74) is 0.419. The molecule has 0 spiro atoms. The normalized spacial score (nSPS) is 15.8. The Kier molecular flexibility index (Phi) is 5.64. The van der Waals surface area contributed by atoms with Gasteiger partial charge in [0.2, 0.25) is 5.91 Å². The van der Waals surface area contributed by atoms with Gasteiger partial charge >= 0.3 is 5.97 Å². The summed E-state index contributed by atoms with van der Waals surface area (Å²) in [4.78, 5) is 23.1. The third kappa shape index (κ3) is 4.47. The molecule has 1 saturated carbocycles. The predicted molar refractivity (Wildman–Crippen MR) is 87.6 cm³/mol. The molecule has 0 aliphatic heterocycles. The van der Waals surface area contributed by atoms with E-state index in [0.717, 1.165) is 12.2 Å². The summed E-state index contributed by atoms with van der Waals surface area (Å²) in [6, 6.07) is 7.91. The second-order valence-corrected chi connectivity index (χ2v) is 6.54. The summed E-state index contributed by atoms with van der Waals surface area (Å²) < 4.78 is 5.58. The van der Waals surface area contributed by atoms with Gasteiger partial charge in [-0.2, -0.15) is 0 Å². The number of aliphatic carboxylic acids is 1. The average molecular weight is 319 g/mol. The van der Waals surface area contributed by atoms with Crippen molar-refractivity contribution < 1.29 is 19.4 Å². The fraction of sp³-hybridized carbons (Fsp3) is 0.556. The van der Waals surface area contributed by atoms with Crippen LogP contribution in [0.15, 0.2) is 24.3 Å². The summed E-state index contributed by atoms with van der Waals surface area (Å²) in [5, 5.41) is 11.9. The molecule has 1 fully saturated rings.